The Balaban J connectivity index is 1.88. The summed E-state index contributed by atoms with van der Waals surface area (Å²) in [5.41, 5.74) is 2.38. The highest BCUT2D eigenvalue weighted by Crippen LogP contribution is 2.35. The van der Waals surface area contributed by atoms with Gasteiger partial charge < -0.3 is 5.32 Å². The van der Waals surface area contributed by atoms with Gasteiger partial charge in [-0.3, -0.25) is 4.79 Å². The minimum Gasteiger partial charge on any atom is -0.340 e. The molecule has 1 amide bonds. The molecule has 5 heteroatoms. The van der Waals surface area contributed by atoms with Crippen LogP contribution in [0.1, 0.15) is 45.4 Å². The van der Waals surface area contributed by atoms with E-state index >= 15 is 0 Å². The van der Waals surface area contributed by atoms with Gasteiger partial charge in [0.05, 0.1) is 11.2 Å². The van der Waals surface area contributed by atoms with Crippen molar-refractivity contribution in [3.8, 4) is 11.3 Å². The minimum absolute atomic E-state index is 0.0655. The Labute approximate surface area is 156 Å². The van der Waals surface area contributed by atoms with E-state index in [0.29, 0.717) is 5.56 Å². The van der Waals surface area contributed by atoms with Gasteiger partial charge in [0.1, 0.15) is 5.01 Å². The maximum absolute atomic E-state index is 12.6. The van der Waals surface area contributed by atoms with Gasteiger partial charge in [-0.05, 0) is 45.4 Å². The fraction of sp³-hybridized carbons (Fsp3) is 0.300. The van der Waals surface area contributed by atoms with Gasteiger partial charge in [0.2, 0.25) is 0 Å². The van der Waals surface area contributed by atoms with Crippen molar-refractivity contribution in [3.63, 3.8) is 0 Å². The molecule has 0 saturated carbocycles. The third-order valence-electron chi connectivity index (χ3n) is 4.43. The standard InChI is InChI=1S/C20H22N2OS2/c1-5-20(4,22-18(23)15-9-7-6-8-10-15)19-21-17(12-24-19)16-11-13(2)25-14(16)3/h6-12H,5H2,1-4H3,(H,22,23). The van der Waals surface area contributed by atoms with E-state index in [0.717, 1.165) is 17.1 Å². The average molecular weight is 371 g/mol. The molecule has 1 aromatic carbocycles. The second-order valence-electron chi connectivity index (χ2n) is 6.37. The molecule has 1 atom stereocenters. The first-order chi connectivity index (χ1) is 11.9. The molecule has 3 rings (SSSR count). The first-order valence-corrected chi connectivity index (χ1v) is 10.0. The van der Waals surface area contributed by atoms with Gasteiger partial charge in [-0.25, -0.2) is 4.98 Å². The molecule has 25 heavy (non-hydrogen) atoms. The van der Waals surface area contributed by atoms with Crippen molar-refractivity contribution in [1.29, 1.82) is 0 Å². The number of aryl methyl sites for hydroxylation is 2. The number of hydrogen-bond donors (Lipinski definition) is 1. The zero-order valence-electron chi connectivity index (χ0n) is 14.9. The largest absolute Gasteiger partial charge is 0.340 e. The van der Waals surface area contributed by atoms with Gasteiger partial charge in [-0.15, -0.1) is 22.7 Å². The van der Waals surface area contributed by atoms with Crippen molar-refractivity contribution in [2.75, 3.05) is 0 Å². The molecular formula is C20H22N2OS2. The van der Waals surface area contributed by atoms with Crippen LogP contribution in [0, 0.1) is 13.8 Å². The van der Waals surface area contributed by atoms with Crippen LogP contribution in [0.25, 0.3) is 11.3 Å². The number of carbonyl (C=O) groups is 1. The van der Waals surface area contributed by atoms with Gasteiger partial charge in [0.25, 0.3) is 5.91 Å². The number of aromatic nitrogens is 1. The average Bonchev–Trinajstić information content (AvgIpc) is 3.22. The van der Waals surface area contributed by atoms with Crippen molar-refractivity contribution in [3.05, 3.63) is 62.1 Å². The summed E-state index contributed by atoms with van der Waals surface area (Å²) in [4.78, 5) is 20.0. The maximum Gasteiger partial charge on any atom is 0.252 e. The molecule has 130 valence electrons. The van der Waals surface area contributed by atoms with E-state index in [1.807, 2.05) is 37.3 Å². The molecule has 1 unspecified atom stereocenters. The maximum atomic E-state index is 12.6. The van der Waals surface area contributed by atoms with Crippen molar-refractivity contribution in [2.24, 2.45) is 0 Å². The zero-order chi connectivity index (χ0) is 18.0. The van der Waals surface area contributed by atoms with E-state index in [4.69, 9.17) is 4.98 Å². The highest BCUT2D eigenvalue weighted by Gasteiger charge is 2.30. The molecule has 0 bridgehead atoms. The number of thiophene rings is 1. The zero-order valence-corrected chi connectivity index (χ0v) is 16.6. The normalized spacial score (nSPS) is 13.4. The third kappa shape index (κ3) is 3.67. The molecule has 1 N–H and O–H groups in total. The SMILES string of the molecule is CCC(C)(NC(=O)c1ccccc1)c1nc(-c2cc(C)sc2C)cs1. The number of amides is 1. The third-order valence-corrected chi connectivity index (χ3v) is 6.50. The summed E-state index contributed by atoms with van der Waals surface area (Å²) >= 11 is 3.40. The number of benzene rings is 1. The number of nitrogens with one attached hydrogen (secondary N) is 1. The molecule has 0 spiro atoms. The Kier molecular flexibility index (Phi) is 5.06. The van der Waals surface area contributed by atoms with Crippen molar-refractivity contribution < 1.29 is 4.79 Å². The molecule has 2 heterocycles. The van der Waals surface area contributed by atoms with Crippen LogP contribution in [0.3, 0.4) is 0 Å². The number of carbonyl (C=O) groups excluding carboxylic acids is 1. The molecule has 0 aliphatic carbocycles. The van der Waals surface area contributed by atoms with Crippen LogP contribution in [0.4, 0.5) is 0 Å². The van der Waals surface area contributed by atoms with E-state index in [1.165, 1.54) is 15.3 Å². The molecule has 0 aliphatic heterocycles. The van der Waals surface area contributed by atoms with Crippen molar-refractivity contribution in [2.45, 2.75) is 39.7 Å². The van der Waals surface area contributed by atoms with E-state index in [1.54, 1.807) is 22.7 Å². The lowest BCUT2D eigenvalue weighted by Gasteiger charge is -2.27. The van der Waals surface area contributed by atoms with E-state index in [9.17, 15) is 4.79 Å². The fourth-order valence-electron chi connectivity index (χ4n) is 2.74. The Morgan fingerprint density at radius 1 is 1.24 bits per heavy atom. The van der Waals surface area contributed by atoms with Crippen LogP contribution in [0.5, 0.6) is 0 Å². The number of hydrogen-bond acceptors (Lipinski definition) is 4. The monoisotopic (exact) mass is 370 g/mol. The van der Waals surface area contributed by atoms with Gasteiger partial charge in [0.15, 0.2) is 0 Å². The van der Waals surface area contributed by atoms with Crippen LogP contribution in [0.15, 0.2) is 41.8 Å². The molecule has 0 fully saturated rings. The summed E-state index contributed by atoms with van der Waals surface area (Å²) in [5.74, 6) is -0.0655. The smallest absolute Gasteiger partial charge is 0.252 e. The minimum atomic E-state index is -0.477. The van der Waals surface area contributed by atoms with Gasteiger partial charge in [-0.1, -0.05) is 25.1 Å². The topological polar surface area (TPSA) is 42.0 Å². The lowest BCUT2D eigenvalue weighted by atomic mass is 9.99. The van der Waals surface area contributed by atoms with Crippen LogP contribution >= 0.6 is 22.7 Å². The molecule has 2 aromatic heterocycles. The molecule has 0 saturated heterocycles. The highest BCUT2D eigenvalue weighted by molar-refractivity contribution is 7.12. The van der Waals surface area contributed by atoms with Crippen LogP contribution in [-0.2, 0) is 5.54 Å². The lowest BCUT2D eigenvalue weighted by molar-refractivity contribution is 0.0902. The van der Waals surface area contributed by atoms with Crippen LogP contribution < -0.4 is 5.32 Å². The number of nitrogens with zero attached hydrogens (tertiary/aromatic N) is 1. The van der Waals surface area contributed by atoms with E-state index in [2.05, 4.69) is 37.5 Å². The predicted molar refractivity (Wildman–Crippen MR) is 106 cm³/mol. The molecule has 3 nitrogen and oxygen atoms in total. The Morgan fingerprint density at radius 2 is 1.96 bits per heavy atom. The molecule has 3 aromatic rings. The summed E-state index contributed by atoms with van der Waals surface area (Å²) in [7, 11) is 0. The van der Waals surface area contributed by atoms with E-state index in [-0.39, 0.29) is 5.91 Å². The number of thiazole rings is 1. The summed E-state index contributed by atoms with van der Waals surface area (Å²) in [6, 6.07) is 11.5. The Bertz CT molecular complexity index is 882. The number of rotatable bonds is 5. The second kappa shape index (κ2) is 7.10. The summed E-state index contributed by atoms with van der Waals surface area (Å²) < 4.78 is 0. The molecular weight excluding hydrogens is 348 g/mol. The quantitative estimate of drug-likeness (QED) is 0.640. The summed E-state index contributed by atoms with van der Waals surface area (Å²) in [6.07, 6.45) is 0.778. The van der Waals surface area contributed by atoms with Crippen molar-refractivity contribution >= 4 is 28.6 Å². The van der Waals surface area contributed by atoms with Gasteiger partial charge >= 0.3 is 0 Å². The van der Waals surface area contributed by atoms with E-state index < -0.39 is 5.54 Å². The molecule has 0 radical (unpaired) electrons. The lowest BCUT2D eigenvalue weighted by Crippen LogP contribution is -2.43. The second-order valence-corrected chi connectivity index (χ2v) is 8.69. The summed E-state index contributed by atoms with van der Waals surface area (Å²) in [6.45, 7) is 8.36. The van der Waals surface area contributed by atoms with Gasteiger partial charge in [-0.2, -0.15) is 0 Å². The Hall–Kier alpha value is -1.98. The van der Waals surface area contributed by atoms with Crippen LogP contribution in [-0.4, -0.2) is 10.9 Å². The highest BCUT2D eigenvalue weighted by atomic mass is 32.1. The van der Waals surface area contributed by atoms with Crippen molar-refractivity contribution in [1.82, 2.24) is 10.3 Å². The fourth-order valence-corrected chi connectivity index (χ4v) is 4.68. The van der Waals surface area contributed by atoms with Gasteiger partial charge in [0, 0.05) is 26.3 Å². The first-order valence-electron chi connectivity index (χ1n) is 8.34. The van der Waals surface area contributed by atoms with Crippen LogP contribution in [0.2, 0.25) is 0 Å². The summed E-state index contributed by atoms with van der Waals surface area (Å²) in [5, 5.41) is 6.20. The first kappa shape index (κ1) is 17.8. The predicted octanol–water partition coefficient (Wildman–Crippen LogP) is 5.54. The molecule has 0 aliphatic rings. The Morgan fingerprint density at radius 3 is 2.56 bits per heavy atom.